The van der Waals surface area contributed by atoms with Crippen molar-refractivity contribution in [3.05, 3.63) is 24.0 Å². The minimum atomic E-state index is -0.991. The number of likely N-dealkylation sites (tertiary alicyclic amines) is 1. The van der Waals surface area contributed by atoms with Gasteiger partial charge in [0.25, 0.3) is 0 Å². The molecule has 1 atom stereocenters. The first-order valence-electron chi connectivity index (χ1n) is 9.80. The summed E-state index contributed by atoms with van der Waals surface area (Å²) < 4.78 is 0. The maximum absolute atomic E-state index is 12.5. The van der Waals surface area contributed by atoms with Crippen LogP contribution in [0.5, 0.6) is 0 Å². The number of anilines is 1. The van der Waals surface area contributed by atoms with Gasteiger partial charge in [-0.05, 0) is 44.2 Å². The Balaban J connectivity index is 1.53. The van der Waals surface area contributed by atoms with Crippen LogP contribution in [0.4, 0.5) is 5.69 Å². The number of amides is 1. The molecule has 1 unspecified atom stereocenters. The Morgan fingerprint density at radius 2 is 2.00 bits per heavy atom. The summed E-state index contributed by atoms with van der Waals surface area (Å²) in [5.74, 6) is -0.661. The number of rotatable bonds is 3. The van der Waals surface area contributed by atoms with E-state index in [0.717, 1.165) is 57.4 Å². The summed E-state index contributed by atoms with van der Waals surface area (Å²) in [6.07, 6.45) is 10.2. The van der Waals surface area contributed by atoms with Crippen LogP contribution in [0.2, 0.25) is 0 Å². The fourth-order valence-electron chi connectivity index (χ4n) is 5.09. The lowest BCUT2D eigenvalue weighted by atomic mass is 9.73. The van der Waals surface area contributed by atoms with Crippen molar-refractivity contribution in [3.8, 4) is 0 Å². The van der Waals surface area contributed by atoms with Gasteiger partial charge in [-0.1, -0.05) is 12.8 Å². The van der Waals surface area contributed by atoms with E-state index < -0.39 is 5.97 Å². The lowest BCUT2D eigenvalue weighted by molar-refractivity contribution is -0.140. The molecule has 1 aromatic heterocycles. The second-order valence-electron chi connectivity index (χ2n) is 8.19. The van der Waals surface area contributed by atoms with Crippen LogP contribution in [-0.4, -0.2) is 52.5 Å². The third-order valence-electron chi connectivity index (χ3n) is 6.45. The van der Waals surface area contributed by atoms with E-state index in [9.17, 15) is 14.7 Å². The van der Waals surface area contributed by atoms with Crippen molar-refractivity contribution >= 4 is 17.6 Å². The lowest BCUT2D eigenvalue weighted by Gasteiger charge is -2.50. The van der Waals surface area contributed by atoms with Gasteiger partial charge in [-0.2, -0.15) is 0 Å². The summed E-state index contributed by atoms with van der Waals surface area (Å²) in [6.45, 7) is 2.69. The summed E-state index contributed by atoms with van der Waals surface area (Å²) in [5.41, 5.74) is 1.16. The van der Waals surface area contributed by atoms with Crippen molar-refractivity contribution in [3.63, 3.8) is 0 Å². The number of carbonyl (C=O) groups is 2. The summed E-state index contributed by atoms with van der Waals surface area (Å²) in [4.78, 5) is 32.1. The molecular formula is C20H27N3O3. The zero-order valence-corrected chi connectivity index (χ0v) is 15.2. The van der Waals surface area contributed by atoms with Crippen LogP contribution in [0.25, 0.3) is 0 Å². The number of aromatic carboxylic acids is 1. The summed E-state index contributed by atoms with van der Waals surface area (Å²) in [6, 6.07) is 4.01. The molecule has 1 N–H and O–H groups in total. The summed E-state index contributed by atoms with van der Waals surface area (Å²) in [7, 11) is 0. The molecule has 1 saturated carbocycles. The average molecular weight is 357 g/mol. The van der Waals surface area contributed by atoms with Gasteiger partial charge in [0.05, 0.1) is 0 Å². The molecule has 0 bridgehead atoms. The Bertz CT molecular complexity index is 701. The van der Waals surface area contributed by atoms with Crippen LogP contribution in [0, 0.1) is 5.41 Å². The third-order valence-corrected chi connectivity index (χ3v) is 6.45. The number of nitrogens with zero attached hydrogens (tertiary/aromatic N) is 3. The molecule has 3 aliphatic rings. The molecular weight excluding hydrogens is 330 g/mol. The molecule has 0 aromatic carbocycles. The minimum Gasteiger partial charge on any atom is -0.477 e. The maximum atomic E-state index is 12.5. The number of carboxylic acids is 1. The maximum Gasteiger partial charge on any atom is 0.354 e. The standard InChI is InChI=1S/C20H27N3O3/c24-18-6-9-20(14-23(18)15-4-1-2-5-15)8-3-11-22(13-20)16-7-10-21-17(12-16)19(25)26/h7,10,12,15H,1-6,8-9,11,13-14H2,(H,25,26). The Morgan fingerprint density at radius 3 is 2.77 bits per heavy atom. The van der Waals surface area contributed by atoms with Gasteiger partial charge >= 0.3 is 5.97 Å². The van der Waals surface area contributed by atoms with Crippen molar-refractivity contribution in [2.75, 3.05) is 24.5 Å². The summed E-state index contributed by atoms with van der Waals surface area (Å²) in [5, 5.41) is 9.21. The van der Waals surface area contributed by atoms with Crippen molar-refractivity contribution in [1.82, 2.24) is 9.88 Å². The van der Waals surface area contributed by atoms with Gasteiger partial charge in [0, 0.05) is 49.4 Å². The number of carboxylic acid groups (broad SMARTS) is 1. The fourth-order valence-corrected chi connectivity index (χ4v) is 5.09. The second-order valence-corrected chi connectivity index (χ2v) is 8.19. The SMILES string of the molecule is O=C(O)c1cc(N2CCCC3(CCC(=O)N(C4CCCC4)C3)C2)ccn1. The van der Waals surface area contributed by atoms with Gasteiger partial charge < -0.3 is 14.9 Å². The van der Waals surface area contributed by atoms with Crippen LogP contribution in [0.1, 0.15) is 61.9 Å². The average Bonchev–Trinajstić information content (AvgIpc) is 3.19. The Kier molecular flexibility index (Phi) is 4.59. The van der Waals surface area contributed by atoms with Gasteiger partial charge in [-0.3, -0.25) is 4.79 Å². The van der Waals surface area contributed by atoms with Gasteiger partial charge in [-0.25, -0.2) is 9.78 Å². The van der Waals surface area contributed by atoms with E-state index in [2.05, 4.69) is 14.8 Å². The van der Waals surface area contributed by atoms with E-state index in [0.29, 0.717) is 18.4 Å². The topological polar surface area (TPSA) is 73.7 Å². The number of hydrogen-bond acceptors (Lipinski definition) is 4. The molecule has 26 heavy (non-hydrogen) atoms. The number of pyridine rings is 1. The number of aromatic nitrogens is 1. The zero-order chi connectivity index (χ0) is 18.1. The van der Waals surface area contributed by atoms with Gasteiger partial charge in [-0.15, -0.1) is 0 Å². The molecule has 1 aliphatic carbocycles. The third kappa shape index (κ3) is 3.29. The predicted octanol–water partition coefficient (Wildman–Crippen LogP) is 2.93. The second kappa shape index (κ2) is 6.89. The van der Waals surface area contributed by atoms with E-state index in [-0.39, 0.29) is 11.1 Å². The highest BCUT2D eigenvalue weighted by Crippen LogP contribution is 2.42. The van der Waals surface area contributed by atoms with E-state index in [1.54, 1.807) is 12.3 Å². The van der Waals surface area contributed by atoms with Gasteiger partial charge in [0.15, 0.2) is 0 Å². The predicted molar refractivity (Wildman–Crippen MR) is 98.3 cm³/mol. The molecule has 0 radical (unpaired) electrons. The van der Waals surface area contributed by atoms with Gasteiger partial charge in [0.1, 0.15) is 5.69 Å². The molecule has 140 valence electrons. The minimum absolute atomic E-state index is 0.0912. The Labute approximate surface area is 154 Å². The first kappa shape index (κ1) is 17.3. The molecule has 3 fully saturated rings. The molecule has 2 saturated heterocycles. The highest BCUT2D eigenvalue weighted by Gasteiger charge is 2.44. The Morgan fingerprint density at radius 1 is 1.19 bits per heavy atom. The number of carbonyl (C=O) groups excluding carboxylic acids is 1. The highest BCUT2D eigenvalue weighted by atomic mass is 16.4. The van der Waals surface area contributed by atoms with Crippen molar-refractivity contribution in [1.29, 1.82) is 0 Å². The largest absolute Gasteiger partial charge is 0.477 e. The number of piperidine rings is 2. The van der Waals surface area contributed by atoms with E-state index in [1.807, 2.05) is 6.07 Å². The first-order valence-corrected chi connectivity index (χ1v) is 9.80. The first-order chi connectivity index (χ1) is 12.6. The van der Waals surface area contributed by atoms with Crippen molar-refractivity contribution < 1.29 is 14.7 Å². The quantitative estimate of drug-likeness (QED) is 0.900. The Hall–Kier alpha value is -2.11. The van der Waals surface area contributed by atoms with Crippen molar-refractivity contribution in [2.24, 2.45) is 5.41 Å². The molecule has 3 heterocycles. The molecule has 1 aromatic rings. The molecule has 2 aliphatic heterocycles. The molecule has 1 spiro atoms. The van der Waals surface area contributed by atoms with Crippen LogP contribution >= 0.6 is 0 Å². The van der Waals surface area contributed by atoms with E-state index in [1.165, 1.54) is 12.8 Å². The van der Waals surface area contributed by atoms with Crippen LogP contribution in [-0.2, 0) is 4.79 Å². The monoisotopic (exact) mass is 357 g/mol. The normalized spacial score (nSPS) is 27.3. The summed E-state index contributed by atoms with van der Waals surface area (Å²) >= 11 is 0. The number of hydrogen-bond donors (Lipinski definition) is 1. The molecule has 6 heteroatoms. The van der Waals surface area contributed by atoms with Crippen LogP contribution in [0.15, 0.2) is 18.3 Å². The zero-order valence-electron chi connectivity index (χ0n) is 15.2. The smallest absolute Gasteiger partial charge is 0.354 e. The molecule has 1 amide bonds. The van der Waals surface area contributed by atoms with Crippen LogP contribution < -0.4 is 4.90 Å². The molecule has 6 nitrogen and oxygen atoms in total. The van der Waals surface area contributed by atoms with E-state index in [4.69, 9.17) is 0 Å². The lowest BCUT2D eigenvalue weighted by Crippen LogP contribution is -2.56. The van der Waals surface area contributed by atoms with E-state index >= 15 is 0 Å². The van der Waals surface area contributed by atoms with Crippen molar-refractivity contribution in [2.45, 2.75) is 57.4 Å². The highest BCUT2D eigenvalue weighted by molar-refractivity contribution is 5.86. The van der Waals surface area contributed by atoms with Crippen LogP contribution in [0.3, 0.4) is 0 Å². The fraction of sp³-hybridized carbons (Fsp3) is 0.650. The molecule has 4 rings (SSSR count). The van der Waals surface area contributed by atoms with Gasteiger partial charge in [0.2, 0.25) is 5.91 Å².